The zero-order valence-corrected chi connectivity index (χ0v) is 12.3. The third-order valence-electron chi connectivity index (χ3n) is 2.60. The highest BCUT2D eigenvalue weighted by Crippen LogP contribution is 2.34. The van der Waals surface area contributed by atoms with Gasteiger partial charge < -0.3 is 10.5 Å². The molecule has 2 rings (SSSR count). The third kappa shape index (κ3) is 3.77. The van der Waals surface area contributed by atoms with E-state index in [2.05, 4.69) is 0 Å². The van der Waals surface area contributed by atoms with Crippen molar-refractivity contribution in [1.82, 2.24) is 0 Å². The minimum atomic E-state index is 0.394. The van der Waals surface area contributed by atoms with Crippen LogP contribution in [0.3, 0.4) is 0 Å². The zero-order valence-electron chi connectivity index (χ0n) is 10.00. The van der Waals surface area contributed by atoms with Crippen LogP contribution in [0.5, 0.6) is 5.75 Å². The summed E-state index contributed by atoms with van der Waals surface area (Å²) in [6.07, 6.45) is 0. The Labute approximate surface area is 127 Å². The highest BCUT2D eigenvalue weighted by Gasteiger charge is 2.07. The number of ether oxygens (including phenoxy) is 1. The first-order valence-electron chi connectivity index (χ1n) is 5.65. The van der Waals surface area contributed by atoms with Crippen molar-refractivity contribution in [3.63, 3.8) is 0 Å². The molecule has 0 bridgehead atoms. The molecule has 2 aromatic rings. The zero-order chi connectivity index (χ0) is 13.8. The molecule has 0 aliphatic heterocycles. The molecule has 0 unspecified atom stereocenters. The van der Waals surface area contributed by atoms with Crippen LogP contribution >= 0.6 is 34.8 Å². The Balaban J connectivity index is 2.12. The molecule has 0 saturated heterocycles. The predicted molar refractivity (Wildman–Crippen MR) is 80.1 cm³/mol. The van der Waals surface area contributed by atoms with Gasteiger partial charge in [0.1, 0.15) is 12.4 Å². The van der Waals surface area contributed by atoms with E-state index in [0.29, 0.717) is 34.0 Å². The van der Waals surface area contributed by atoms with E-state index in [4.69, 9.17) is 45.3 Å². The summed E-state index contributed by atoms with van der Waals surface area (Å²) < 4.78 is 5.64. The van der Waals surface area contributed by atoms with Crippen LogP contribution in [0.15, 0.2) is 36.4 Å². The number of halogens is 3. The second-order valence-corrected chi connectivity index (χ2v) is 5.23. The van der Waals surface area contributed by atoms with Crippen LogP contribution in [0.1, 0.15) is 11.1 Å². The molecule has 2 nitrogen and oxygen atoms in total. The highest BCUT2D eigenvalue weighted by molar-refractivity contribution is 6.43. The first-order chi connectivity index (χ1) is 9.10. The van der Waals surface area contributed by atoms with E-state index in [9.17, 15) is 0 Å². The van der Waals surface area contributed by atoms with Gasteiger partial charge in [-0.15, -0.1) is 0 Å². The molecule has 100 valence electrons. The Bertz CT molecular complexity index is 587. The van der Waals surface area contributed by atoms with Gasteiger partial charge in [0.05, 0.1) is 15.1 Å². The van der Waals surface area contributed by atoms with E-state index in [1.54, 1.807) is 12.1 Å². The van der Waals surface area contributed by atoms with Crippen LogP contribution in [-0.2, 0) is 13.2 Å². The topological polar surface area (TPSA) is 35.2 Å². The van der Waals surface area contributed by atoms with E-state index in [-0.39, 0.29) is 0 Å². The van der Waals surface area contributed by atoms with Crippen LogP contribution in [0.2, 0.25) is 15.1 Å². The smallest absolute Gasteiger partial charge is 0.139 e. The quantitative estimate of drug-likeness (QED) is 0.831. The highest BCUT2D eigenvalue weighted by atomic mass is 35.5. The lowest BCUT2D eigenvalue weighted by molar-refractivity contribution is 0.306. The number of nitrogens with two attached hydrogens (primary N) is 1. The van der Waals surface area contributed by atoms with E-state index >= 15 is 0 Å². The fourth-order valence-corrected chi connectivity index (χ4v) is 2.21. The van der Waals surface area contributed by atoms with Crippen molar-refractivity contribution in [2.24, 2.45) is 5.73 Å². The van der Waals surface area contributed by atoms with Crippen LogP contribution in [-0.4, -0.2) is 0 Å². The molecule has 5 heteroatoms. The number of rotatable bonds is 4. The molecule has 19 heavy (non-hydrogen) atoms. The standard InChI is InChI=1S/C14H12Cl3NO/c15-11-5-13(17)14(6-12(11)16)19-8-10-3-1-2-9(4-10)7-18/h1-6H,7-8,18H2. The molecule has 0 saturated carbocycles. The summed E-state index contributed by atoms with van der Waals surface area (Å²) in [5.41, 5.74) is 7.67. The average Bonchev–Trinajstić information content (AvgIpc) is 2.41. The lowest BCUT2D eigenvalue weighted by Gasteiger charge is -2.10. The predicted octanol–water partition coefficient (Wildman–Crippen LogP) is 4.68. The molecule has 0 radical (unpaired) electrons. The number of benzene rings is 2. The van der Waals surface area contributed by atoms with Gasteiger partial charge in [-0.3, -0.25) is 0 Å². The summed E-state index contributed by atoms with van der Waals surface area (Å²) in [6, 6.07) is 11.0. The molecular weight excluding hydrogens is 305 g/mol. The van der Waals surface area contributed by atoms with Gasteiger partial charge in [-0.05, 0) is 17.2 Å². The molecule has 0 aromatic heterocycles. The Morgan fingerprint density at radius 3 is 2.32 bits per heavy atom. The third-order valence-corrected chi connectivity index (χ3v) is 3.61. The van der Waals surface area contributed by atoms with Gasteiger partial charge in [-0.25, -0.2) is 0 Å². The summed E-state index contributed by atoms with van der Waals surface area (Å²) in [4.78, 5) is 0. The number of hydrogen-bond donors (Lipinski definition) is 1. The Morgan fingerprint density at radius 2 is 1.58 bits per heavy atom. The first kappa shape index (κ1) is 14.5. The van der Waals surface area contributed by atoms with Gasteiger partial charge in [-0.2, -0.15) is 0 Å². The van der Waals surface area contributed by atoms with Crippen LogP contribution in [0, 0.1) is 0 Å². The van der Waals surface area contributed by atoms with Crippen molar-refractivity contribution in [3.8, 4) is 5.75 Å². The van der Waals surface area contributed by atoms with Gasteiger partial charge in [-0.1, -0.05) is 59.1 Å². The maximum atomic E-state index is 6.04. The molecule has 0 aliphatic rings. The summed E-state index contributed by atoms with van der Waals surface area (Å²) in [7, 11) is 0. The van der Waals surface area contributed by atoms with E-state index < -0.39 is 0 Å². The minimum Gasteiger partial charge on any atom is -0.487 e. The summed E-state index contributed by atoms with van der Waals surface area (Å²) in [5, 5.41) is 1.25. The first-order valence-corrected chi connectivity index (χ1v) is 6.79. The molecule has 0 fully saturated rings. The Hall–Kier alpha value is -0.930. The Kier molecular flexibility index (Phi) is 4.94. The fraction of sp³-hybridized carbons (Fsp3) is 0.143. The van der Waals surface area contributed by atoms with Crippen LogP contribution in [0.4, 0.5) is 0 Å². The van der Waals surface area contributed by atoms with E-state index in [1.165, 1.54) is 0 Å². The normalized spacial score (nSPS) is 10.5. The van der Waals surface area contributed by atoms with Crippen molar-refractivity contribution in [2.45, 2.75) is 13.2 Å². The minimum absolute atomic E-state index is 0.394. The summed E-state index contributed by atoms with van der Waals surface area (Å²) in [5.74, 6) is 0.509. The summed E-state index contributed by atoms with van der Waals surface area (Å²) in [6.45, 7) is 0.896. The molecule has 2 aromatic carbocycles. The Morgan fingerprint density at radius 1 is 0.895 bits per heavy atom. The van der Waals surface area contributed by atoms with Crippen molar-refractivity contribution in [2.75, 3.05) is 0 Å². The number of hydrogen-bond acceptors (Lipinski definition) is 2. The lowest BCUT2D eigenvalue weighted by atomic mass is 10.1. The SMILES string of the molecule is NCc1cccc(COc2cc(Cl)c(Cl)cc2Cl)c1. The molecule has 0 aliphatic carbocycles. The summed E-state index contributed by atoms with van der Waals surface area (Å²) >= 11 is 17.8. The monoisotopic (exact) mass is 315 g/mol. The molecular formula is C14H12Cl3NO. The van der Waals surface area contributed by atoms with Crippen molar-refractivity contribution < 1.29 is 4.74 Å². The second kappa shape index (κ2) is 6.49. The van der Waals surface area contributed by atoms with Crippen LogP contribution < -0.4 is 10.5 Å². The molecule has 0 amide bonds. The van der Waals surface area contributed by atoms with Gasteiger partial charge in [0.25, 0.3) is 0 Å². The van der Waals surface area contributed by atoms with Crippen molar-refractivity contribution in [3.05, 3.63) is 62.6 Å². The average molecular weight is 317 g/mol. The molecule has 0 heterocycles. The van der Waals surface area contributed by atoms with E-state index in [1.807, 2.05) is 24.3 Å². The second-order valence-electron chi connectivity index (χ2n) is 4.01. The van der Waals surface area contributed by atoms with Crippen LogP contribution in [0.25, 0.3) is 0 Å². The maximum absolute atomic E-state index is 6.04. The lowest BCUT2D eigenvalue weighted by Crippen LogP contribution is -2.00. The molecule has 0 spiro atoms. The van der Waals surface area contributed by atoms with Crippen molar-refractivity contribution >= 4 is 34.8 Å². The van der Waals surface area contributed by atoms with Gasteiger partial charge in [0.2, 0.25) is 0 Å². The van der Waals surface area contributed by atoms with Gasteiger partial charge in [0.15, 0.2) is 0 Å². The molecule has 2 N–H and O–H groups in total. The van der Waals surface area contributed by atoms with Gasteiger partial charge in [0, 0.05) is 12.6 Å². The van der Waals surface area contributed by atoms with E-state index in [0.717, 1.165) is 11.1 Å². The largest absolute Gasteiger partial charge is 0.487 e. The van der Waals surface area contributed by atoms with Crippen molar-refractivity contribution in [1.29, 1.82) is 0 Å². The molecule has 0 atom stereocenters. The maximum Gasteiger partial charge on any atom is 0.139 e. The van der Waals surface area contributed by atoms with Gasteiger partial charge >= 0.3 is 0 Å². The fourth-order valence-electron chi connectivity index (χ4n) is 1.62.